The zero-order chi connectivity index (χ0) is 5.82. The summed E-state index contributed by atoms with van der Waals surface area (Å²) in [6.07, 6.45) is 5.05. The Morgan fingerprint density at radius 3 is 3.12 bits per heavy atom. The van der Waals surface area contributed by atoms with Crippen molar-refractivity contribution in [3.8, 4) is 0 Å². The Hall–Kier alpha value is -0.700. The van der Waals surface area contributed by atoms with Crippen molar-refractivity contribution >= 4 is 16.3 Å². The Morgan fingerprint density at radius 2 is 2.25 bits per heavy atom. The summed E-state index contributed by atoms with van der Waals surface area (Å²) >= 11 is 0. The third-order valence-corrected chi connectivity index (χ3v) is 1.42. The van der Waals surface area contributed by atoms with Crippen LogP contribution in [0.4, 0.5) is 0 Å². The summed E-state index contributed by atoms with van der Waals surface area (Å²) in [7, 11) is -0.992. The quantitative estimate of drug-likeness (QED) is 0.473. The van der Waals surface area contributed by atoms with Gasteiger partial charge in [-0.1, -0.05) is 6.08 Å². The van der Waals surface area contributed by atoms with E-state index in [1.165, 1.54) is 5.55 Å². The molecule has 1 rings (SSSR count). The molecule has 0 aromatic heterocycles. The van der Waals surface area contributed by atoms with Gasteiger partial charge in [-0.05, 0) is 6.08 Å². The molecule has 0 aliphatic carbocycles. The van der Waals surface area contributed by atoms with E-state index in [-0.39, 0.29) is 0 Å². The topological polar surface area (TPSA) is 29.4 Å². The van der Waals surface area contributed by atoms with Gasteiger partial charge in [0.15, 0.2) is 0 Å². The summed E-state index contributed by atoms with van der Waals surface area (Å²) in [5.41, 5.74) is 1.39. The average molecular weight is 127 g/mol. The molecule has 0 aromatic rings. The molecule has 42 valence electrons. The van der Waals surface area contributed by atoms with Crippen LogP contribution >= 0.6 is 0 Å². The molecule has 0 amide bonds. The molecule has 1 aliphatic rings. The van der Waals surface area contributed by atoms with Gasteiger partial charge in [0.05, 0.1) is 16.3 Å². The first-order chi connectivity index (χ1) is 3.89. The van der Waals surface area contributed by atoms with Gasteiger partial charge in [0.2, 0.25) is 0 Å². The number of hydrogen-bond donors (Lipinski definition) is 0. The van der Waals surface area contributed by atoms with Gasteiger partial charge >= 0.3 is 0 Å². The van der Waals surface area contributed by atoms with Gasteiger partial charge in [-0.15, -0.1) is 0 Å². The molecule has 1 atom stereocenters. The first-order valence-electron chi connectivity index (χ1n) is 2.15. The molecule has 1 heterocycles. The molecule has 0 aromatic carbocycles. The third kappa shape index (κ3) is 1.42. The van der Waals surface area contributed by atoms with E-state index in [0.717, 1.165) is 0 Å². The zero-order valence-corrected chi connectivity index (χ0v) is 4.97. The lowest BCUT2D eigenvalue weighted by Gasteiger charge is -1.73. The van der Waals surface area contributed by atoms with Crippen LogP contribution in [0.15, 0.2) is 28.8 Å². The van der Waals surface area contributed by atoms with Crippen LogP contribution < -0.4 is 0 Å². The van der Waals surface area contributed by atoms with Gasteiger partial charge in [0.1, 0.15) is 0 Å². The van der Waals surface area contributed by atoms with Crippen molar-refractivity contribution < 1.29 is 4.21 Å². The van der Waals surface area contributed by atoms with Crippen molar-refractivity contribution in [3.63, 3.8) is 0 Å². The molecule has 0 saturated carbocycles. The molecule has 0 fully saturated rings. The number of allylic oxidation sites excluding steroid dienone is 2. The molecular weight excluding hydrogens is 122 g/mol. The van der Waals surface area contributed by atoms with Crippen molar-refractivity contribution in [3.05, 3.63) is 23.8 Å². The van der Waals surface area contributed by atoms with Crippen LogP contribution in [0.2, 0.25) is 0 Å². The van der Waals surface area contributed by atoms with E-state index in [1.807, 2.05) is 0 Å². The number of nitrogens with zero attached hydrogens (tertiary/aromatic N) is 1. The molecule has 2 nitrogen and oxygen atoms in total. The second-order valence-electron chi connectivity index (χ2n) is 1.25. The summed E-state index contributed by atoms with van der Waals surface area (Å²) in [6, 6.07) is 0. The lowest BCUT2D eigenvalue weighted by molar-refractivity contribution is 0.695. The molecule has 3 heteroatoms. The number of aliphatic imine (C=N–C) groups is 1. The number of hydrogen-bond acceptors (Lipinski definition) is 2. The normalized spacial score (nSPS) is 25.8. The Morgan fingerprint density at radius 1 is 1.38 bits per heavy atom. The predicted octanol–water partition coefficient (Wildman–Crippen LogP) is 0.804. The van der Waals surface area contributed by atoms with Crippen LogP contribution in [0.1, 0.15) is 0 Å². The van der Waals surface area contributed by atoms with E-state index in [9.17, 15) is 4.21 Å². The van der Waals surface area contributed by atoms with Crippen LogP contribution in [0.25, 0.3) is 0 Å². The highest BCUT2D eigenvalue weighted by atomic mass is 32.2. The van der Waals surface area contributed by atoms with Crippen molar-refractivity contribution in [2.45, 2.75) is 0 Å². The summed E-state index contributed by atoms with van der Waals surface area (Å²) in [5, 5.41) is 1.58. The molecule has 1 aliphatic heterocycles. The number of rotatable bonds is 0. The van der Waals surface area contributed by atoms with Gasteiger partial charge in [0.25, 0.3) is 0 Å². The van der Waals surface area contributed by atoms with Crippen LogP contribution in [0.3, 0.4) is 0 Å². The van der Waals surface area contributed by atoms with Gasteiger partial charge in [-0.2, -0.15) is 0 Å². The highest BCUT2D eigenvalue weighted by molar-refractivity contribution is 8.01. The molecule has 1 unspecified atom stereocenters. The molecule has 8 heavy (non-hydrogen) atoms. The largest absolute Gasteiger partial charge is 0.255 e. The first kappa shape index (κ1) is 5.44. The minimum atomic E-state index is -0.992. The zero-order valence-electron chi connectivity index (χ0n) is 4.15. The minimum absolute atomic E-state index is 0.992. The van der Waals surface area contributed by atoms with Crippen molar-refractivity contribution in [2.24, 2.45) is 4.99 Å². The van der Waals surface area contributed by atoms with E-state index in [1.54, 1.807) is 23.8 Å². The van der Waals surface area contributed by atoms with E-state index in [4.69, 9.17) is 0 Å². The monoisotopic (exact) mass is 127 g/mol. The maximum Gasteiger partial charge on any atom is 0.0951 e. The van der Waals surface area contributed by atoms with Crippen LogP contribution in [-0.2, 0) is 10.8 Å². The molecule has 0 saturated heterocycles. The van der Waals surface area contributed by atoms with E-state index < -0.39 is 10.8 Å². The second kappa shape index (κ2) is 2.57. The van der Waals surface area contributed by atoms with E-state index >= 15 is 0 Å². The standard InChI is InChI=1S/C5H5NOS/c7-8-4-2-1-3-6-5-8/h1-5H. The van der Waals surface area contributed by atoms with E-state index in [2.05, 4.69) is 4.99 Å². The second-order valence-corrected chi connectivity index (χ2v) is 2.39. The van der Waals surface area contributed by atoms with Crippen LogP contribution in [0.5, 0.6) is 0 Å². The highest BCUT2D eigenvalue weighted by Gasteiger charge is 1.84. The van der Waals surface area contributed by atoms with Crippen molar-refractivity contribution in [1.29, 1.82) is 0 Å². The van der Waals surface area contributed by atoms with Gasteiger partial charge in [0, 0.05) is 11.6 Å². The Labute approximate surface area is 50.1 Å². The Bertz CT molecular complexity index is 163. The lowest BCUT2D eigenvalue weighted by Crippen LogP contribution is -1.79. The fourth-order valence-electron chi connectivity index (χ4n) is 0.352. The fraction of sp³-hybridized carbons (Fsp3) is 0. The lowest BCUT2D eigenvalue weighted by atomic mass is 10.6. The summed E-state index contributed by atoms with van der Waals surface area (Å²) in [5.74, 6) is 0. The molecular formula is C5H5NOS. The fourth-order valence-corrected chi connectivity index (χ4v) is 0.859. The predicted molar refractivity (Wildman–Crippen MR) is 34.9 cm³/mol. The SMILES string of the molecule is O=S1C=CC=CN=C1. The third-order valence-electron chi connectivity index (χ3n) is 0.661. The molecule has 0 radical (unpaired) electrons. The average Bonchev–Trinajstić information content (AvgIpc) is 1.94. The maximum absolute atomic E-state index is 10.5. The summed E-state index contributed by atoms with van der Waals surface area (Å²) in [4.78, 5) is 3.68. The maximum atomic E-state index is 10.5. The van der Waals surface area contributed by atoms with Crippen molar-refractivity contribution in [1.82, 2.24) is 0 Å². The minimum Gasteiger partial charge on any atom is -0.255 e. The first-order valence-corrected chi connectivity index (χ1v) is 3.43. The molecule has 0 bridgehead atoms. The smallest absolute Gasteiger partial charge is 0.0951 e. The van der Waals surface area contributed by atoms with Gasteiger partial charge in [-0.25, -0.2) is 4.21 Å². The van der Waals surface area contributed by atoms with Gasteiger partial charge in [-0.3, -0.25) is 4.99 Å². The molecule has 0 spiro atoms. The summed E-state index contributed by atoms with van der Waals surface area (Å²) < 4.78 is 10.5. The van der Waals surface area contributed by atoms with Crippen molar-refractivity contribution in [2.75, 3.05) is 0 Å². The van der Waals surface area contributed by atoms with Crippen LogP contribution in [0, 0.1) is 0 Å². The van der Waals surface area contributed by atoms with Crippen LogP contribution in [-0.4, -0.2) is 9.76 Å². The molecule has 0 N–H and O–H groups in total. The Kier molecular flexibility index (Phi) is 1.75. The Balaban J connectivity index is 2.81. The van der Waals surface area contributed by atoms with E-state index in [0.29, 0.717) is 0 Å². The highest BCUT2D eigenvalue weighted by Crippen LogP contribution is 1.88. The summed E-state index contributed by atoms with van der Waals surface area (Å²) in [6.45, 7) is 0. The van der Waals surface area contributed by atoms with Gasteiger partial charge < -0.3 is 0 Å².